The van der Waals surface area contributed by atoms with Gasteiger partial charge in [0, 0.05) is 13.1 Å². The molecule has 0 spiro atoms. The fourth-order valence-electron chi connectivity index (χ4n) is 2.42. The van der Waals surface area contributed by atoms with E-state index in [0.29, 0.717) is 0 Å². The molecule has 0 bridgehead atoms. The molecule has 0 saturated carbocycles. The van der Waals surface area contributed by atoms with Crippen LogP contribution in [0.2, 0.25) is 5.28 Å². The van der Waals surface area contributed by atoms with E-state index in [1.54, 1.807) is 4.52 Å². The molecule has 96 valence electrons. The molecule has 0 aliphatic carbocycles. The molecule has 18 heavy (non-hydrogen) atoms. The number of aromatic nitrogens is 3. The van der Waals surface area contributed by atoms with Gasteiger partial charge in [-0.25, -0.2) is 4.52 Å². The minimum absolute atomic E-state index is 0.240. The Morgan fingerprint density at radius 3 is 2.72 bits per heavy atom. The summed E-state index contributed by atoms with van der Waals surface area (Å²) in [7, 11) is 0. The molecule has 0 radical (unpaired) electrons. The molecular weight excluding hydrogens is 252 g/mol. The summed E-state index contributed by atoms with van der Waals surface area (Å²) in [4.78, 5) is 6.40. The predicted molar refractivity (Wildman–Crippen MR) is 70.2 cm³/mol. The summed E-state index contributed by atoms with van der Waals surface area (Å²) in [5.74, 6) is 0. The highest BCUT2D eigenvalue weighted by atomic mass is 35.5. The number of hydrogen-bond acceptors (Lipinski definition) is 4. The number of anilines is 1. The second-order valence-corrected chi connectivity index (χ2v) is 5.07. The molecule has 2 atom stereocenters. The van der Waals surface area contributed by atoms with Crippen molar-refractivity contribution < 1.29 is 4.74 Å². The first-order valence-electron chi connectivity index (χ1n) is 6.04. The predicted octanol–water partition coefficient (Wildman–Crippen LogP) is 2.00. The van der Waals surface area contributed by atoms with Gasteiger partial charge in [0.05, 0.1) is 24.1 Å². The molecule has 6 heteroatoms. The summed E-state index contributed by atoms with van der Waals surface area (Å²) in [5, 5.41) is 4.39. The van der Waals surface area contributed by atoms with E-state index in [2.05, 4.69) is 28.8 Å². The van der Waals surface area contributed by atoms with Gasteiger partial charge in [-0.2, -0.15) is 4.98 Å². The fraction of sp³-hybridized carbons (Fsp3) is 0.500. The smallest absolute Gasteiger partial charge is 0.243 e. The van der Waals surface area contributed by atoms with E-state index in [-0.39, 0.29) is 17.5 Å². The van der Waals surface area contributed by atoms with Crippen molar-refractivity contribution in [3.05, 3.63) is 23.6 Å². The summed E-state index contributed by atoms with van der Waals surface area (Å²) in [6.07, 6.45) is 2.44. The zero-order valence-electron chi connectivity index (χ0n) is 10.4. The van der Waals surface area contributed by atoms with Crippen LogP contribution in [0.25, 0.3) is 5.65 Å². The highest BCUT2D eigenvalue weighted by Gasteiger charge is 2.22. The van der Waals surface area contributed by atoms with E-state index >= 15 is 0 Å². The van der Waals surface area contributed by atoms with Gasteiger partial charge < -0.3 is 9.64 Å². The Kier molecular flexibility index (Phi) is 2.87. The van der Waals surface area contributed by atoms with E-state index in [1.165, 1.54) is 0 Å². The Morgan fingerprint density at radius 1 is 1.28 bits per heavy atom. The molecule has 1 aliphatic rings. The van der Waals surface area contributed by atoms with E-state index in [4.69, 9.17) is 16.3 Å². The zero-order valence-corrected chi connectivity index (χ0v) is 11.1. The van der Waals surface area contributed by atoms with Crippen LogP contribution in [0.1, 0.15) is 13.8 Å². The maximum Gasteiger partial charge on any atom is 0.243 e. The van der Waals surface area contributed by atoms with Gasteiger partial charge >= 0.3 is 0 Å². The number of nitrogens with zero attached hydrogens (tertiary/aromatic N) is 4. The lowest BCUT2D eigenvalue weighted by atomic mass is 10.2. The number of fused-ring (bicyclic) bond motifs is 1. The minimum atomic E-state index is 0.240. The van der Waals surface area contributed by atoms with Crippen molar-refractivity contribution in [2.24, 2.45) is 0 Å². The molecule has 1 fully saturated rings. The molecule has 1 aliphatic heterocycles. The van der Waals surface area contributed by atoms with Crippen molar-refractivity contribution in [2.45, 2.75) is 26.1 Å². The second-order valence-electron chi connectivity index (χ2n) is 4.73. The lowest BCUT2D eigenvalue weighted by molar-refractivity contribution is -0.00524. The number of ether oxygens (including phenoxy) is 1. The van der Waals surface area contributed by atoms with Gasteiger partial charge in [-0.05, 0) is 37.6 Å². The maximum atomic E-state index is 5.79. The van der Waals surface area contributed by atoms with Crippen LogP contribution in [0.4, 0.5) is 5.69 Å². The van der Waals surface area contributed by atoms with Crippen molar-refractivity contribution in [1.29, 1.82) is 0 Å². The molecule has 0 N–H and O–H groups in total. The molecule has 0 aromatic carbocycles. The van der Waals surface area contributed by atoms with Crippen LogP contribution in [-0.4, -0.2) is 39.9 Å². The van der Waals surface area contributed by atoms with Crippen molar-refractivity contribution in [3.8, 4) is 0 Å². The van der Waals surface area contributed by atoms with E-state index in [9.17, 15) is 0 Å². The first kappa shape index (κ1) is 11.7. The average Bonchev–Trinajstić information content (AvgIpc) is 2.66. The first-order valence-corrected chi connectivity index (χ1v) is 6.42. The van der Waals surface area contributed by atoms with Crippen LogP contribution < -0.4 is 4.90 Å². The van der Waals surface area contributed by atoms with Gasteiger partial charge in [-0.15, -0.1) is 5.10 Å². The van der Waals surface area contributed by atoms with Gasteiger partial charge in [0.2, 0.25) is 5.28 Å². The number of pyridine rings is 1. The van der Waals surface area contributed by atoms with Crippen molar-refractivity contribution in [2.75, 3.05) is 18.0 Å². The monoisotopic (exact) mass is 266 g/mol. The molecule has 3 heterocycles. The third-order valence-corrected chi connectivity index (χ3v) is 3.23. The van der Waals surface area contributed by atoms with E-state index in [1.807, 2.05) is 18.3 Å². The minimum Gasteiger partial charge on any atom is -0.372 e. The number of hydrogen-bond donors (Lipinski definition) is 0. The van der Waals surface area contributed by atoms with Gasteiger partial charge in [-0.3, -0.25) is 0 Å². The number of morpholine rings is 1. The lowest BCUT2D eigenvalue weighted by Gasteiger charge is -2.36. The van der Waals surface area contributed by atoms with E-state index in [0.717, 1.165) is 24.4 Å². The number of rotatable bonds is 1. The highest BCUT2D eigenvalue weighted by molar-refractivity contribution is 6.28. The van der Waals surface area contributed by atoms with Crippen LogP contribution in [0, 0.1) is 0 Å². The van der Waals surface area contributed by atoms with Gasteiger partial charge in [0.1, 0.15) is 0 Å². The third-order valence-electron chi connectivity index (χ3n) is 3.07. The highest BCUT2D eigenvalue weighted by Crippen LogP contribution is 2.21. The fourth-order valence-corrected chi connectivity index (χ4v) is 2.59. The first-order chi connectivity index (χ1) is 8.61. The molecule has 2 aromatic rings. The summed E-state index contributed by atoms with van der Waals surface area (Å²) >= 11 is 5.79. The van der Waals surface area contributed by atoms with Gasteiger partial charge in [-0.1, -0.05) is 0 Å². The molecule has 0 amide bonds. The van der Waals surface area contributed by atoms with E-state index < -0.39 is 0 Å². The topological polar surface area (TPSA) is 42.7 Å². The Bertz CT molecular complexity index is 560. The molecule has 5 nitrogen and oxygen atoms in total. The van der Waals surface area contributed by atoms with Gasteiger partial charge in [0.15, 0.2) is 5.65 Å². The average molecular weight is 267 g/mol. The standard InChI is InChI=1S/C12H15ClN4O/c1-8-5-16(6-9(2)18-8)10-3-4-11-14-12(13)15-17(11)7-10/h3-4,7-9H,5-6H2,1-2H3/t8-,9-/m1/s1. The number of halogens is 1. The quantitative estimate of drug-likeness (QED) is 0.792. The van der Waals surface area contributed by atoms with Crippen LogP contribution in [-0.2, 0) is 4.74 Å². The summed E-state index contributed by atoms with van der Waals surface area (Å²) in [5.41, 5.74) is 1.88. The van der Waals surface area contributed by atoms with Crippen LogP contribution in [0.5, 0.6) is 0 Å². The Labute approximate surface area is 110 Å². The Balaban J connectivity index is 1.93. The molecule has 1 saturated heterocycles. The Hall–Kier alpha value is -1.33. The molecule has 2 aromatic heterocycles. The third kappa shape index (κ3) is 2.15. The van der Waals surface area contributed by atoms with Gasteiger partial charge in [0.25, 0.3) is 0 Å². The molecular formula is C12H15ClN4O. The summed E-state index contributed by atoms with van der Waals surface area (Å²) < 4.78 is 7.44. The Morgan fingerprint density at radius 2 is 2.00 bits per heavy atom. The molecule has 0 unspecified atom stereocenters. The van der Waals surface area contributed by atoms with Crippen molar-refractivity contribution in [3.63, 3.8) is 0 Å². The normalized spacial score (nSPS) is 24.7. The largest absolute Gasteiger partial charge is 0.372 e. The van der Waals surface area contributed by atoms with Crippen molar-refractivity contribution in [1.82, 2.24) is 14.6 Å². The summed E-state index contributed by atoms with van der Waals surface area (Å²) in [6, 6.07) is 3.98. The maximum absolute atomic E-state index is 5.79. The van der Waals surface area contributed by atoms with Crippen LogP contribution >= 0.6 is 11.6 Å². The SMILES string of the molecule is C[C@@H]1CN(c2ccc3nc(Cl)nn3c2)C[C@@H](C)O1. The van der Waals surface area contributed by atoms with Crippen LogP contribution in [0.15, 0.2) is 18.3 Å². The van der Waals surface area contributed by atoms with Crippen molar-refractivity contribution >= 4 is 22.9 Å². The van der Waals surface area contributed by atoms with Crippen LogP contribution in [0.3, 0.4) is 0 Å². The second kappa shape index (κ2) is 4.40. The molecule has 3 rings (SSSR count). The zero-order chi connectivity index (χ0) is 12.7. The summed E-state index contributed by atoms with van der Waals surface area (Å²) in [6.45, 7) is 5.96. The lowest BCUT2D eigenvalue weighted by Crippen LogP contribution is -2.45.